The first-order chi connectivity index (χ1) is 11.3. The van der Waals surface area contributed by atoms with Gasteiger partial charge in [-0.3, -0.25) is 0 Å². The summed E-state index contributed by atoms with van der Waals surface area (Å²) in [7, 11) is 0. The highest BCUT2D eigenvalue weighted by Crippen LogP contribution is 2.32. The molecule has 6 nitrogen and oxygen atoms in total. The molecule has 2 heterocycles. The maximum Gasteiger partial charge on any atom is 0.154 e. The number of hydrogen-bond donors (Lipinski definition) is 2. The predicted molar refractivity (Wildman–Crippen MR) is 84.2 cm³/mol. The number of phenols is 1. The molecule has 4 rings (SSSR count). The zero-order valence-electron chi connectivity index (χ0n) is 12.0. The van der Waals surface area contributed by atoms with Gasteiger partial charge in [0.2, 0.25) is 0 Å². The number of aliphatic hydroxyl groups is 1. The summed E-state index contributed by atoms with van der Waals surface area (Å²) >= 11 is 0. The minimum Gasteiger partial charge on any atom is -0.507 e. The molecule has 0 aliphatic heterocycles. The third-order valence-electron chi connectivity index (χ3n) is 3.75. The Morgan fingerprint density at radius 2 is 1.83 bits per heavy atom. The minimum absolute atomic E-state index is 0.200. The Labute approximate surface area is 131 Å². The number of nitrogens with zero attached hydrogens (tertiary/aromatic N) is 3. The van der Waals surface area contributed by atoms with Crippen molar-refractivity contribution in [2.24, 2.45) is 0 Å². The van der Waals surface area contributed by atoms with Crippen molar-refractivity contribution in [2.75, 3.05) is 0 Å². The highest BCUT2D eigenvalue weighted by atomic mass is 16.3. The number of aromatic nitrogens is 3. The van der Waals surface area contributed by atoms with Gasteiger partial charge in [-0.25, -0.2) is 4.68 Å². The maximum atomic E-state index is 10.0. The minimum atomic E-state index is -0.244. The average molecular weight is 307 g/mol. The summed E-state index contributed by atoms with van der Waals surface area (Å²) in [4.78, 5) is 0. The van der Waals surface area contributed by atoms with E-state index < -0.39 is 0 Å². The van der Waals surface area contributed by atoms with E-state index >= 15 is 0 Å². The number of aromatic hydroxyl groups is 1. The van der Waals surface area contributed by atoms with E-state index in [1.807, 2.05) is 24.3 Å². The summed E-state index contributed by atoms with van der Waals surface area (Å²) < 4.78 is 7.07. The lowest BCUT2D eigenvalue weighted by Crippen LogP contribution is -2.00. The molecule has 0 aliphatic carbocycles. The molecule has 0 fully saturated rings. The normalized spacial score (nSPS) is 11.2. The summed E-state index contributed by atoms with van der Waals surface area (Å²) in [6, 6.07) is 14.4. The van der Waals surface area contributed by atoms with E-state index in [1.54, 1.807) is 35.2 Å². The number of fused-ring (bicyclic) bond motifs is 1. The van der Waals surface area contributed by atoms with Crippen molar-refractivity contribution in [3.05, 3.63) is 60.5 Å². The van der Waals surface area contributed by atoms with Gasteiger partial charge in [0, 0.05) is 10.8 Å². The summed E-state index contributed by atoms with van der Waals surface area (Å²) in [5.41, 5.74) is 1.77. The molecule has 0 spiro atoms. The first kappa shape index (κ1) is 13.5. The molecular weight excluding hydrogens is 294 g/mol. The first-order valence-electron chi connectivity index (χ1n) is 7.10. The number of phenolic OH excluding ortho intramolecular Hbond substituents is 1. The van der Waals surface area contributed by atoms with Crippen LogP contribution in [0.5, 0.6) is 5.75 Å². The average Bonchev–Trinajstić information content (AvgIpc) is 3.23. The Hall–Kier alpha value is -3.12. The van der Waals surface area contributed by atoms with Crippen molar-refractivity contribution in [3.8, 4) is 22.9 Å². The van der Waals surface area contributed by atoms with Gasteiger partial charge in [0.05, 0.1) is 18.6 Å². The fourth-order valence-electron chi connectivity index (χ4n) is 2.71. The van der Waals surface area contributed by atoms with Gasteiger partial charge in [-0.05, 0) is 24.3 Å². The lowest BCUT2D eigenvalue weighted by molar-refractivity contribution is 0.277. The van der Waals surface area contributed by atoms with E-state index in [0.717, 1.165) is 16.5 Å². The van der Waals surface area contributed by atoms with Gasteiger partial charge in [0.25, 0.3) is 0 Å². The Morgan fingerprint density at radius 1 is 1.00 bits per heavy atom. The zero-order chi connectivity index (χ0) is 15.8. The van der Waals surface area contributed by atoms with Crippen LogP contribution in [0.1, 0.15) is 5.69 Å². The van der Waals surface area contributed by atoms with Crippen LogP contribution < -0.4 is 0 Å². The SMILES string of the molecule is OCc1nnn(-c2cccc3c(O)cccc23)c1-c1ccco1. The number of furan rings is 1. The second-order valence-corrected chi connectivity index (χ2v) is 5.08. The van der Waals surface area contributed by atoms with E-state index in [0.29, 0.717) is 17.1 Å². The van der Waals surface area contributed by atoms with Crippen LogP contribution in [0.2, 0.25) is 0 Å². The molecule has 0 saturated carbocycles. The Balaban J connectivity index is 2.03. The summed E-state index contributed by atoms with van der Waals surface area (Å²) in [6.07, 6.45) is 1.56. The molecule has 0 amide bonds. The summed E-state index contributed by atoms with van der Waals surface area (Å²) in [5, 5.41) is 29.3. The van der Waals surface area contributed by atoms with Crippen LogP contribution in [0.4, 0.5) is 0 Å². The standard InChI is InChI=1S/C17H13N3O3/c21-10-13-17(16-8-3-9-23-16)20(19-18-13)14-6-1-5-12-11(14)4-2-7-15(12)22/h1-9,21-22H,10H2. The molecule has 6 heteroatoms. The zero-order valence-corrected chi connectivity index (χ0v) is 12.0. The van der Waals surface area contributed by atoms with Gasteiger partial charge in [0.1, 0.15) is 17.1 Å². The van der Waals surface area contributed by atoms with E-state index in [1.165, 1.54) is 0 Å². The van der Waals surface area contributed by atoms with Crippen LogP contribution in [-0.4, -0.2) is 25.2 Å². The number of aliphatic hydroxyl groups excluding tert-OH is 1. The molecule has 0 aliphatic rings. The van der Waals surface area contributed by atoms with Gasteiger partial charge in [-0.15, -0.1) is 5.10 Å². The molecule has 2 aromatic heterocycles. The monoisotopic (exact) mass is 307 g/mol. The second kappa shape index (κ2) is 5.26. The van der Waals surface area contributed by atoms with Crippen molar-refractivity contribution in [2.45, 2.75) is 6.61 Å². The van der Waals surface area contributed by atoms with Crippen molar-refractivity contribution in [3.63, 3.8) is 0 Å². The van der Waals surface area contributed by atoms with Crippen LogP contribution >= 0.6 is 0 Å². The van der Waals surface area contributed by atoms with Crippen molar-refractivity contribution < 1.29 is 14.6 Å². The second-order valence-electron chi connectivity index (χ2n) is 5.08. The van der Waals surface area contributed by atoms with Gasteiger partial charge in [-0.1, -0.05) is 29.5 Å². The molecule has 0 bridgehead atoms. The molecule has 23 heavy (non-hydrogen) atoms. The third-order valence-corrected chi connectivity index (χ3v) is 3.75. The highest BCUT2D eigenvalue weighted by molar-refractivity contribution is 5.94. The third kappa shape index (κ3) is 2.08. The topological polar surface area (TPSA) is 84.3 Å². The van der Waals surface area contributed by atoms with Gasteiger partial charge >= 0.3 is 0 Å². The van der Waals surface area contributed by atoms with E-state index in [9.17, 15) is 10.2 Å². The van der Waals surface area contributed by atoms with E-state index in [-0.39, 0.29) is 12.4 Å². The fourth-order valence-corrected chi connectivity index (χ4v) is 2.71. The van der Waals surface area contributed by atoms with Crippen LogP contribution in [0.3, 0.4) is 0 Å². The summed E-state index contributed by atoms with van der Waals surface area (Å²) in [6.45, 7) is -0.244. The van der Waals surface area contributed by atoms with Crippen LogP contribution in [0.25, 0.3) is 27.9 Å². The largest absolute Gasteiger partial charge is 0.507 e. The lowest BCUT2D eigenvalue weighted by atomic mass is 10.1. The molecule has 0 unspecified atom stereocenters. The predicted octanol–water partition coefficient (Wildman–Crippen LogP) is 2.88. The first-order valence-corrected chi connectivity index (χ1v) is 7.10. The number of hydrogen-bond acceptors (Lipinski definition) is 5. The molecule has 0 saturated heterocycles. The molecule has 0 radical (unpaired) electrons. The van der Waals surface area contributed by atoms with Crippen LogP contribution in [0.15, 0.2) is 59.2 Å². The van der Waals surface area contributed by atoms with Gasteiger partial charge in [-0.2, -0.15) is 0 Å². The van der Waals surface area contributed by atoms with E-state index in [2.05, 4.69) is 10.3 Å². The molecular formula is C17H13N3O3. The molecule has 4 aromatic rings. The van der Waals surface area contributed by atoms with E-state index in [4.69, 9.17) is 4.42 Å². The van der Waals surface area contributed by atoms with Gasteiger partial charge < -0.3 is 14.6 Å². The Bertz CT molecular complexity index is 974. The van der Waals surface area contributed by atoms with Gasteiger partial charge in [0.15, 0.2) is 5.76 Å². The molecule has 2 aromatic carbocycles. The number of benzene rings is 2. The Kier molecular flexibility index (Phi) is 3.09. The quantitative estimate of drug-likeness (QED) is 0.608. The molecule has 0 atom stereocenters. The number of rotatable bonds is 3. The van der Waals surface area contributed by atoms with Crippen molar-refractivity contribution in [1.29, 1.82) is 0 Å². The fraction of sp³-hybridized carbons (Fsp3) is 0.0588. The van der Waals surface area contributed by atoms with Crippen LogP contribution in [0, 0.1) is 0 Å². The summed E-state index contributed by atoms with van der Waals surface area (Å²) in [5.74, 6) is 0.766. The lowest BCUT2D eigenvalue weighted by Gasteiger charge is -2.10. The highest BCUT2D eigenvalue weighted by Gasteiger charge is 2.19. The maximum absolute atomic E-state index is 10.0. The Morgan fingerprint density at radius 3 is 2.61 bits per heavy atom. The van der Waals surface area contributed by atoms with Crippen molar-refractivity contribution in [1.82, 2.24) is 15.0 Å². The smallest absolute Gasteiger partial charge is 0.154 e. The van der Waals surface area contributed by atoms with Crippen LogP contribution in [-0.2, 0) is 6.61 Å². The molecule has 2 N–H and O–H groups in total. The molecule has 114 valence electrons. The van der Waals surface area contributed by atoms with Crippen molar-refractivity contribution >= 4 is 10.8 Å².